The average molecular weight is 445 g/mol. The summed E-state index contributed by atoms with van der Waals surface area (Å²) in [6, 6.07) is 16.1. The van der Waals surface area contributed by atoms with Crippen LogP contribution in [-0.4, -0.2) is 29.7 Å². The van der Waals surface area contributed by atoms with Crippen molar-refractivity contribution in [3.05, 3.63) is 103 Å². The Hall–Kier alpha value is -4.40. The van der Waals surface area contributed by atoms with E-state index in [1.54, 1.807) is 62.0 Å². The van der Waals surface area contributed by atoms with Gasteiger partial charge >= 0.3 is 5.69 Å². The quantitative estimate of drug-likeness (QED) is 0.470. The number of aromatic hydroxyl groups is 1. The minimum Gasteiger partial charge on any atom is -0.493 e. The maximum absolute atomic E-state index is 13.2. The molecule has 0 unspecified atom stereocenters. The molecule has 0 spiro atoms. The molecule has 0 aliphatic carbocycles. The third kappa shape index (κ3) is 3.63. The molecule has 0 aliphatic heterocycles. The Bertz CT molecular complexity index is 1570. The summed E-state index contributed by atoms with van der Waals surface area (Å²) >= 11 is 0. The van der Waals surface area contributed by atoms with Gasteiger partial charge < -0.3 is 5.11 Å². The number of aromatic amines is 1. The first kappa shape index (κ1) is 21.8. The van der Waals surface area contributed by atoms with Gasteiger partial charge in [0.2, 0.25) is 5.88 Å². The van der Waals surface area contributed by atoms with Crippen LogP contribution in [0.4, 0.5) is 5.69 Å². The van der Waals surface area contributed by atoms with Crippen molar-refractivity contribution in [3.63, 3.8) is 0 Å². The zero-order chi connectivity index (χ0) is 23.9. The molecule has 0 amide bonds. The minimum atomic E-state index is -0.791. The van der Waals surface area contributed by atoms with Crippen LogP contribution in [0.3, 0.4) is 0 Å². The number of aromatic nitrogens is 4. The van der Waals surface area contributed by atoms with Crippen LogP contribution in [0, 0.1) is 13.8 Å². The summed E-state index contributed by atoms with van der Waals surface area (Å²) in [7, 11) is 1.74. The van der Waals surface area contributed by atoms with Gasteiger partial charge in [0.1, 0.15) is 5.56 Å². The third-order valence-corrected chi connectivity index (χ3v) is 5.61. The first-order valence-electron chi connectivity index (χ1n) is 10.3. The Morgan fingerprint density at radius 3 is 2.27 bits per heavy atom. The summed E-state index contributed by atoms with van der Waals surface area (Å²) in [5, 5.41) is 10.9. The molecule has 0 atom stereocenters. The van der Waals surface area contributed by atoms with Crippen molar-refractivity contribution in [1.29, 1.82) is 0 Å². The lowest BCUT2D eigenvalue weighted by Crippen LogP contribution is -2.33. The average Bonchev–Trinajstić information content (AvgIpc) is 2.98. The molecule has 4 aromatic rings. The van der Waals surface area contributed by atoms with E-state index in [4.69, 9.17) is 0 Å². The summed E-state index contributed by atoms with van der Waals surface area (Å²) in [6.45, 7) is 5.04. The van der Waals surface area contributed by atoms with Gasteiger partial charge in [0, 0.05) is 7.05 Å². The van der Waals surface area contributed by atoms with Crippen LogP contribution < -0.4 is 16.8 Å². The molecule has 0 bridgehead atoms. The van der Waals surface area contributed by atoms with Gasteiger partial charge in [-0.05, 0) is 44.5 Å². The predicted molar refractivity (Wildman–Crippen MR) is 127 cm³/mol. The van der Waals surface area contributed by atoms with E-state index in [1.807, 2.05) is 18.2 Å². The normalized spacial score (nSPS) is 11.7. The Morgan fingerprint density at radius 1 is 0.970 bits per heavy atom. The number of hydrogen-bond donors (Lipinski definition) is 2. The monoisotopic (exact) mass is 445 g/mol. The molecule has 0 radical (unpaired) electrons. The van der Waals surface area contributed by atoms with Gasteiger partial charge in [0.05, 0.1) is 22.8 Å². The van der Waals surface area contributed by atoms with Crippen molar-refractivity contribution >= 4 is 11.4 Å². The summed E-state index contributed by atoms with van der Waals surface area (Å²) in [5.41, 5.74) is 0.502. The lowest BCUT2D eigenvalue weighted by molar-refractivity contribution is 0.429. The lowest BCUT2D eigenvalue weighted by Gasteiger charge is -2.13. The number of nitrogens with zero attached hydrogens (tertiary/aromatic N) is 4. The molecule has 2 aromatic heterocycles. The zero-order valence-electron chi connectivity index (χ0n) is 18.7. The molecular formula is C24H23N5O4. The molecule has 0 aliphatic rings. The first-order chi connectivity index (χ1) is 15.7. The molecule has 9 heteroatoms. The van der Waals surface area contributed by atoms with Crippen LogP contribution >= 0.6 is 0 Å². The number of hydrogen-bond acceptors (Lipinski definition) is 5. The second-order valence-corrected chi connectivity index (χ2v) is 7.69. The fraction of sp³-hybridized carbons (Fsp3) is 0.167. The highest BCUT2D eigenvalue weighted by Gasteiger charge is 2.21. The molecule has 168 valence electrons. The number of H-pyrrole nitrogens is 1. The van der Waals surface area contributed by atoms with Gasteiger partial charge in [-0.15, -0.1) is 0 Å². The van der Waals surface area contributed by atoms with Gasteiger partial charge in [-0.3, -0.25) is 19.3 Å². The highest BCUT2D eigenvalue weighted by molar-refractivity contribution is 6.01. The minimum absolute atomic E-state index is 0.0992. The number of para-hydroxylation sites is 2. The molecule has 2 heterocycles. The van der Waals surface area contributed by atoms with Crippen molar-refractivity contribution in [2.45, 2.75) is 20.8 Å². The third-order valence-electron chi connectivity index (χ3n) is 5.61. The van der Waals surface area contributed by atoms with E-state index in [0.717, 1.165) is 10.1 Å². The van der Waals surface area contributed by atoms with Crippen LogP contribution in [0.1, 0.15) is 23.7 Å². The Morgan fingerprint density at radius 2 is 1.61 bits per heavy atom. The van der Waals surface area contributed by atoms with Crippen LogP contribution in [0.5, 0.6) is 5.88 Å². The lowest BCUT2D eigenvalue weighted by atomic mass is 10.1. The Labute approximate surface area is 188 Å². The van der Waals surface area contributed by atoms with Crippen LogP contribution in [-0.2, 0) is 7.05 Å². The second kappa shape index (κ2) is 8.27. The summed E-state index contributed by atoms with van der Waals surface area (Å²) in [5.74, 6) is -0.545. The second-order valence-electron chi connectivity index (χ2n) is 7.69. The number of nitrogens with one attached hydrogen (secondary N) is 1. The molecule has 4 rings (SSSR count). The van der Waals surface area contributed by atoms with Gasteiger partial charge in [-0.1, -0.05) is 36.4 Å². The number of aliphatic imine (C=N–C) groups is 1. The smallest absolute Gasteiger partial charge is 0.335 e. The molecule has 0 saturated carbocycles. The molecule has 0 fully saturated rings. The number of aryl methyl sites for hydroxylation is 1. The van der Waals surface area contributed by atoms with E-state index in [1.165, 1.54) is 11.6 Å². The maximum Gasteiger partial charge on any atom is 0.335 e. The van der Waals surface area contributed by atoms with Crippen molar-refractivity contribution in [2.24, 2.45) is 12.0 Å². The fourth-order valence-corrected chi connectivity index (χ4v) is 3.80. The van der Waals surface area contributed by atoms with Crippen LogP contribution in [0.15, 0.2) is 74.0 Å². The summed E-state index contributed by atoms with van der Waals surface area (Å²) in [4.78, 5) is 44.9. The van der Waals surface area contributed by atoms with Gasteiger partial charge in [-0.2, -0.15) is 0 Å². The Balaban J connectivity index is 1.93. The van der Waals surface area contributed by atoms with Crippen LogP contribution in [0.2, 0.25) is 0 Å². The number of rotatable bonds is 4. The largest absolute Gasteiger partial charge is 0.493 e. The molecule has 2 aromatic carbocycles. The maximum atomic E-state index is 13.2. The van der Waals surface area contributed by atoms with Crippen molar-refractivity contribution in [1.82, 2.24) is 18.9 Å². The van der Waals surface area contributed by atoms with E-state index in [9.17, 15) is 19.5 Å². The van der Waals surface area contributed by atoms with Gasteiger partial charge in [0.25, 0.3) is 11.1 Å². The fourth-order valence-electron chi connectivity index (χ4n) is 3.80. The standard InChI is InChI=1S/C24H23N5O4/c1-14-10-8-9-13-18(14)28-22(31)19(21(30)26-24(28)33)15(2)25-20-16(3)27(4)29(23(20)32)17-11-6-5-7-12-17/h5-13,31H,1-4H3,(H,26,30,33). The highest BCUT2D eigenvalue weighted by atomic mass is 16.3. The van der Waals surface area contributed by atoms with Gasteiger partial charge in [-0.25, -0.2) is 19.0 Å². The van der Waals surface area contributed by atoms with Crippen molar-refractivity contribution in [2.75, 3.05) is 0 Å². The summed E-state index contributed by atoms with van der Waals surface area (Å²) in [6.07, 6.45) is 0. The summed E-state index contributed by atoms with van der Waals surface area (Å²) < 4.78 is 4.16. The van der Waals surface area contributed by atoms with Gasteiger partial charge in [0.15, 0.2) is 5.69 Å². The highest BCUT2D eigenvalue weighted by Crippen LogP contribution is 2.22. The topological polar surface area (TPSA) is 114 Å². The van der Waals surface area contributed by atoms with Crippen LogP contribution in [0.25, 0.3) is 11.4 Å². The molecule has 2 N–H and O–H groups in total. The number of benzene rings is 2. The molecule has 0 saturated heterocycles. The molecule has 33 heavy (non-hydrogen) atoms. The molecule has 9 nitrogen and oxygen atoms in total. The van der Waals surface area contributed by atoms with E-state index in [0.29, 0.717) is 17.1 Å². The molecular weight excluding hydrogens is 422 g/mol. The van der Waals surface area contributed by atoms with E-state index in [2.05, 4.69) is 9.98 Å². The SMILES string of the molecule is CC(=Nc1c(C)n(C)n(-c2ccccc2)c1=O)c1c(O)n(-c2ccccc2C)c(=O)[nH]c1=O. The predicted octanol–water partition coefficient (Wildman–Crippen LogP) is 2.48. The van der Waals surface area contributed by atoms with E-state index >= 15 is 0 Å². The van der Waals surface area contributed by atoms with Crippen molar-refractivity contribution in [3.8, 4) is 17.3 Å². The van der Waals surface area contributed by atoms with Crippen molar-refractivity contribution < 1.29 is 5.11 Å². The Kier molecular flexibility index (Phi) is 5.47. The van der Waals surface area contributed by atoms with E-state index < -0.39 is 17.1 Å². The zero-order valence-corrected chi connectivity index (χ0v) is 18.7. The first-order valence-corrected chi connectivity index (χ1v) is 10.3. The van der Waals surface area contributed by atoms with E-state index in [-0.39, 0.29) is 22.5 Å².